The summed E-state index contributed by atoms with van der Waals surface area (Å²) in [5.41, 5.74) is 8.31. The van der Waals surface area contributed by atoms with Crippen LogP contribution in [-0.4, -0.2) is 12.6 Å². The molecule has 2 fully saturated rings. The third-order valence-electron chi connectivity index (χ3n) is 4.82. The number of halogens is 1. The summed E-state index contributed by atoms with van der Waals surface area (Å²) in [5.74, 6) is 0.865. The molecule has 1 aliphatic carbocycles. The number of rotatable bonds is 2. The van der Waals surface area contributed by atoms with E-state index in [0.29, 0.717) is 12.6 Å². The van der Waals surface area contributed by atoms with Crippen molar-refractivity contribution in [2.45, 2.75) is 51.1 Å². The Hall–Kier alpha value is -0.730. The Balaban J connectivity index is 1.96. The fourth-order valence-electron chi connectivity index (χ4n) is 3.95. The molecule has 1 saturated carbocycles. The number of nitrogens with two attached hydrogens (primary N) is 1. The van der Waals surface area contributed by atoms with E-state index in [1.165, 1.54) is 49.8 Å². The van der Waals surface area contributed by atoms with Crippen LogP contribution in [-0.2, 0) is 6.54 Å². The molecule has 0 unspecified atom stereocenters. The average Bonchev–Trinajstić information content (AvgIpc) is 2.46. The van der Waals surface area contributed by atoms with Crippen molar-refractivity contribution in [3.8, 4) is 0 Å². The SMILES string of the molecule is NCc1cccc(Cl)c1N1CCC[C@H]2CCCC[C@H]21. The number of fused-ring (bicyclic) bond motifs is 1. The van der Waals surface area contributed by atoms with Crippen LogP contribution in [0.5, 0.6) is 0 Å². The summed E-state index contributed by atoms with van der Waals surface area (Å²) in [6.45, 7) is 1.71. The summed E-state index contributed by atoms with van der Waals surface area (Å²) in [6, 6.07) is 6.82. The monoisotopic (exact) mass is 278 g/mol. The molecule has 1 aliphatic heterocycles. The van der Waals surface area contributed by atoms with E-state index < -0.39 is 0 Å². The number of benzene rings is 1. The highest BCUT2D eigenvalue weighted by atomic mass is 35.5. The third kappa shape index (κ3) is 2.48. The van der Waals surface area contributed by atoms with Crippen LogP contribution in [0.4, 0.5) is 5.69 Å². The van der Waals surface area contributed by atoms with Gasteiger partial charge < -0.3 is 10.6 Å². The van der Waals surface area contributed by atoms with Crippen molar-refractivity contribution >= 4 is 17.3 Å². The first kappa shape index (κ1) is 13.3. The molecule has 1 heterocycles. The second-order valence-corrected chi connectivity index (χ2v) is 6.31. The summed E-state index contributed by atoms with van der Waals surface area (Å²) >= 11 is 6.48. The molecule has 3 heteroatoms. The van der Waals surface area contributed by atoms with Gasteiger partial charge >= 0.3 is 0 Å². The normalized spacial score (nSPS) is 27.2. The van der Waals surface area contributed by atoms with E-state index >= 15 is 0 Å². The maximum Gasteiger partial charge on any atom is 0.0643 e. The van der Waals surface area contributed by atoms with E-state index in [1.54, 1.807) is 0 Å². The lowest BCUT2D eigenvalue weighted by atomic mass is 9.78. The smallest absolute Gasteiger partial charge is 0.0643 e. The van der Waals surface area contributed by atoms with Crippen LogP contribution in [0.2, 0.25) is 5.02 Å². The molecule has 0 aromatic heterocycles. The van der Waals surface area contributed by atoms with Gasteiger partial charge in [0.25, 0.3) is 0 Å². The lowest BCUT2D eigenvalue weighted by Gasteiger charge is -2.46. The first-order chi connectivity index (χ1) is 9.31. The molecule has 19 heavy (non-hydrogen) atoms. The fourth-order valence-corrected chi connectivity index (χ4v) is 4.25. The van der Waals surface area contributed by atoms with Gasteiger partial charge in [-0.3, -0.25) is 0 Å². The van der Waals surface area contributed by atoms with Crippen molar-refractivity contribution in [2.24, 2.45) is 11.7 Å². The Labute approximate surface area is 120 Å². The van der Waals surface area contributed by atoms with E-state index in [9.17, 15) is 0 Å². The van der Waals surface area contributed by atoms with Gasteiger partial charge in [-0.1, -0.05) is 36.6 Å². The molecular weight excluding hydrogens is 256 g/mol. The van der Waals surface area contributed by atoms with Crippen molar-refractivity contribution in [3.05, 3.63) is 28.8 Å². The Bertz CT molecular complexity index is 444. The summed E-state index contributed by atoms with van der Waals surface area (Å²) in [6.07, 6.45) is 8.16. The summed E-state index contributed by atoms with van der Waals surface area (Å²) < 4.78 is 0. The maximum absolute atomic E-state index is 6.48. The molecule has 104 valence electrons. The minimum absolute atomic E-state index is 0.573. The molecule has 2 N–H and O–H groups in total. The first-order valence-electron chi connectivity index (χ1n) is 7.55. The van der Waals surface area contributed by atoms with Crippen molar-refractivity contribution in [1.82, 2.24) is 0 Å². The predicted octanol–water partition coefficient (Wildman–Crippen LogP) is 3.96. The summed E-state index contributed by atoms with van der Waals surface area (Å²) in [5, 5.41) is 0.870. The topological polar surface area (TPSA) is 29.3 Å². The molecule has 2 atom stereocenters. The lowest BCUT2D eigenvalue weighted by Crippen LogP contribution is -2.47. The maximum atomic E-state index is 6.48. The van der Waals surface area contributed by atoms with Crippen molar-refractivity contribution in [3.63, 3.8) is 0 Å². The van der Waals surface area contributed by atoms with Crippen molar-refractivity contribution < 1.29 is 0 Å². The van der Waals surface area contributed by atoms with Crippen LogP contribution in [0, 0.1) is 5.92 Å². The van der Waals surface area contributed by atoms with Gasteiger partial charge in [0.15, 0.2) is 0 Å². The molecule has 1 saturated heterocycles. The second-order valence-electron chi connectivity index (χ2n) is 5.90. The zero-order valence-electron chi connectivity index (χ0n) is 11.4. The average molecular weight is 279 g/mol. The summed E-state index contributed by atoms with van der Waals surface area (Å²) in [7, 11) is 0. The number of piperidine rings is 1. The third-order valence-corrected chi connectivity index (χ3v) is 5.13. The van der Waals surface area contributed by atoms with Crippen LogP contribution in [0.3, 0.4) is 0 Å². The molecule has 0 spiro atoms. The van der Waals surface area contributed by atoms with E-state index in [-0.39, 0.29) is 0 Å². The highest BCUT2D eigenvalue weighted by Crippen LogP contribution is 2.41. The molecule has 0 bridgehead atoms. The number of hydrogen-bond donors (Lipinski definition) is 1. The van der Waals surface area contributed by atoms with Crippen molar-refractivity contribution in [1.29, 1.82) is 0 Å². The number of para-hydroxylation sites is 1. The Kier molecular flexibility index (Phi) is 3.99. The van der Waals surface area contributed by atoms with Gasteiger partial charge in [0.2, 0.25) is 0 Å². The number of anilines is 1. The van der Waals surface area contributed by atoms with E-state index in [0.717, 1.165) is 17.5 Å². The van der Waals surface area contributed by atoms with E-state index in [2.05, 4.69) is 11.0 Å². The zero-order valence-corrected chi connectivity index (χ0v) is 12.2. The number of hydrogen-bond acceptors (Lipinski definition) is 2. The standard InChI is InChI=1S/C16H23ClN2/c17-14-8-3-6-13(11-18)16(14)19-10-4-7-12-5-1-2-9-15(12)19/h3,6,8,12,15H,1-2,4-5,7,9-11,18H2/t12-,15-/m1/s1. The van der Waals surface area contributed by atoms with Crippen LogP contribution in [0.15, 0.2) is 18.2 Å². The molecule has 3 rings (SSSR count). The van der Waals surface area contributed by atoms with Crippen LogP contribution >= 0.6 is 11.6 Å². The highest BCUT2D eigenvalue weighted by Gasteiger charge is 2.34. The molecular formula is C16H23ClN2. The van der Waals surface area contributed by atoms with Gasteiger partial charge in [-0.15, -0.1) is 0 Å². The zero-order chi connectivity index (χ0) is 13.2. The van der Waals surface area contributed by atoms with Gasteiger partial charge in [0.1, 0.15) is 0 Å². The van der Waals surface area contributed by atoms with Crippen LogP contribution in [0.1, 0.15) is 44.1 Å². The van der Waals surface area contributed by atoms with Gasteiger partial charge in [-0.25, -0.2) is 0 Å². The Morgan fingerprint density at radius 2 is 1.95 bits per heavy atom. The fraction of sp³-hybridized carbons (Fsp3) is 0.625. The second kappa shape index (κ2) is 5.72. The van der Waals surface area contributed by atoms with Crippen LogP contribution in [0.25, 0.3) is 0 Å². The van der Waals surface area contributed by atoms with Gasteiger partial charge in [-0.2, -0.15) is 0 Å². The van der Waals surface area contributed by atoms with E-state index in [1.807, 2.05) is 12.1 Å². The van der Waals surface area contributed by atoms with Gasteiger partial charge in [0, 0.05) is 19.1 Å². The van der Waals surface area contributed by atoms with Crippen molar-refractivity contribution in [2.75, 3.05) is 11.4 Å². The molecule has 1 aromatic carbocycles. The molecule has 1 aromatic rings. The quantitative estimate of drug-likeness (QED) is 0.887. The van der Waals surface area contributed by atoms with Gasteiger partial charge in [-0.05, 0) is 43.2 Å². The molecule has 0 radical (unpaired) electrons. The molecule has 0 amide bonds. The Morgan fingerprint density at radius 1 is 1.16 bits per heavy atom. The minimum Gasteiger partial charge on any atom is -0.367 e. The molecule has 2 nitrogen and oxygen atoms in total. The number of nitrogens with zero attached hydrogens (tertiary/aromatic N) is 1. The lowest BCUT2D eigenvalue weighted by molar-refractivity contribution is 0.243. The predicted molar refractivity (Wildman–Crippen MR) is 81.7 cm³/mol. The Morgan fingerprint density at radius 3 is 2.79 bits per heavy atom. The van der Waals surface area contributed by atoms with E-state index in [4.69, 9.17) is 17.3 Å². The van der Waals surface area contributed by atoms with Crippen LogP contribution < -0.4 is 10.6 Å². The minimum atomic E-state index is 0.573. The highest BCUT2D eigenvalue weighted by molar-refractivity contribution is 6.33. The van der Waals surface area contributed by atoms with Gasteiger partial charge in [0.05, 0.1) is 10.7 Å². The molecule has 2 aliphatic rings. The summed E-state index contributed by atoms with van der Waals surface area (Å²) in [4.78, 5) is 2.57. The first-order valence-corrected chi connectivity index (χ1v) is 7.93. The largest absolute Gasteiger partial charge is 0.367 e.